The molecule has 0 unspecified atom stereocenters. The summed E-state index contributed by atoms with van der Waals surface area (Å²) in [7, 11) is 0. The molecule has 0 radical (unpaired) electrons. The number of nitrogens with one attached hydrogen (secondary N) is 1. The molecule has 2 aromatic rings. The number of rotatable bonds is 5. The maximum absolute atomic E-state index is 4.39. The molecule has 0 aliphatic carbocycles. The van der Waals surface area contributed by atoms with Gasteiger partial charge in [0.05, 0.1) is 11.9 Å². The van der Waals surface area contributed by atoms with E-state index in [2.05, 4.69) is 33.7 Å². The molecule has 1 N–H and O–H groups in total. The first-order valence-electron chi connectivity index (χ1n) is 5.46. The number of aromatic nitrogens is 2. The van der Waals surface area contributed by atoms with Gasteiger partial charge in [0, 0.05) is 17.4 Å². The van der Waals surface area contributed by atoms with E-state index in [1.165, 1.54) is 24.8 Å². The summed E-state index contributed by atoms with van der Waals surface area (Å²) in [4.78, 5) is 7.76. The quantitative estimate of drug-likeness (QED) is 0.761. The standard InChI is InChI=1S/C12H16N2S/c1-2-3-4-5-12-13-8-11(14-12)10-6-7-15-9-10/h6-9H,2-5H2,1H3,(H,13,14). The largest absolute Gasteiger partial charge is 0.342 e. The molecule has 0 atom stereocenters. The molecule has 0 fully saturated rings. The van der Waals surface area contributed by atoms with Crippen molar-refractivity contribution in [1.82, 2.24) is 9.97 Å². The van der Waals surface area contributed by atoms with Gasteiger partial charge in [-0.3, -0.25) is 0 Å². The van der Waals surface area contributed by atoms with Crippen LogP contribution >= 0.6 is 11.3 Å². The first-order valence-corrected chi connectivity index (χ1v) is 6.41. The van der Waals surface area contributed by atoms with Gasteiger partial charge in [0.15, 0.2) is 0 Å². The average molecular weight is 220 g/mol. The summed E-state index contributed by atoms with van der Waals surface area (Å²) in [6.07, 6.45) is 6.78. The van der Waals surface area contributed by atoms with Gasteiger partial charge in [-0.1, -0.05) is 19.8 Å². The number of imidazole rings is 1. The van der Waals surface area contributed by atoms with Crippen molar-refractivity contribution in [3.63, 3.8) is 0 Å². The highest BCUT2D eigenvalue weighted by atomic mass is 32.1. The summed E-state index contributed by atoms with van der Waals surface area (Å²) in [6.45, 7) is 2.22. The van der Waals surface area contributed by atoms with E-state index in [0.717, 1.165) is 17.9 Å². The Morgan fingerprint density at radius 3 is 3.07 bits per heavy atom. The molecule has 0 saturated heterocycles. The van der Waals surface area contributed by atoms with Gasteiger partial charge in [-0.25, -0.2) is 4.98 Å². The van der Waals surface area contributed by atoms with Gasteiger partial charge in [-0.15, -0.1) is 0 Å². The fourth-order valence-corrected chi connectivity index (χ4v) is 2.25. The van der Waals surface area contributed by atoms with Crippen molar-refractivity contribution in [1.29, 1.82) is 0 Å². The van der Waals surface area contributed by atoms with Crippen LogP contribution in [0.5, 0.6) is 0 Å². The van der Waals surface area contributed by atoms with E-state index in [9.17, 15) is 0 Å². The molecule has 0 aliphatic rings. The SMILES string of the molecule is CCCCCc1ncc(-c2ccsc2)[nH]1. The van der Waals surface area contributed by atoms with Crippen LogP contribution in [-0.2, 0) is 6.42 Å². The third-order valence-corrected chi connectivity index (χ3v) is 3.16. The monoisotopic (exact) mass is 220 g/mol. The van der Waals surface area contributed by atoms with Crippen LogP contribution in [0, 0.1) is 0 Å². The number of nitrogens with zero attached hydrogens (tertiary/aromatic N) is 1. The Balaban J connectivity index is 1.98. The van der Waals surface area contributed by atoms with Crippen molar-refractivity contribution >= 4 is 11.3 Å². The normalized spacial score (nSPS) is 10.7. The molecular formula is C12H16N2S. The highest BCUT2D eigenvalue weighted by molar-refractivity contribution is 7.08. The van der Waals surface area contributed by atoms with E-state index in [-0.39, 0.29) is 0 Å². The van der Waals surface area contributed by atoms with E-state index in [0.29, 0.717) is 0 Å². The predicted molar refractivity (Wildman–Crippen MR) is 65.1 cm³/mol. The lowest BCUT2D eigenvalue weighted by atomic mass is 10.2. The number of H-pyrrole nitrogens is 1. The lowest BCUT2D eigenvalue weighted by Crippen LogP contribution is -1.87. The van der Waals surface area contributed by atoms with Gasteiger partial charge in [0.1, 0.15) is 5.82 Å². The molecule has 0 spiro atoms. The van der Waals surface area contributed by atoms with Crippen molar-refractivity contribution in [2.75, 3.05) is 0 Å². The molecule has 2 nitrogen and oxygen atoms in total. The minimum Gasteiger partial charge on any atom is -0.342 e. The molecule has 0 saturated carbocycles. The van der Waals surface area contributed by atoms with Crippen LogP contribution in [-0.4, -0.2) is 9.97 Å². The minimum atomic E-state index is 1.07. The zero-order valence-electron chi connectivity index (χ0n) is 8.99. The maximum Gasteiger partial charge on any atom is 0.106 e. The van der Waals surface area contributed by atoms with E-state index in [1.807, 2.05) is 6.20 Å². The summed E-state index contributed by atoms with van der Waals surface area (Å²) in [5.41, 5.74) is 2.39. The van der Waals surface area contributed by atoms with Gasteiger partial charge in [0.2, 0.25) is 0 Å². The van der Waals surface area contributed by atoms with Gasteiger partial charge in [-0.2, -0.15) is 11.3 Å². The fourth-order valence-electron chi connectivity index (χ4n) is 1.60. The molecular weight excluding hydrogens is 204 g/mol. The first kappa shape index (κ1) is 10.4. The third kappa shape index (κ3) is 2.69. The fraction of sp³-hybridized carbons (Fsp3) is 0.417. The lowest BCUT2D eigenvalue weighted by molar-refractivity contribution is 0.699. The molecule has 2 aromatic heterocycles. The molecule has 2 rings (SSSR count). The Kier molecular flexibility index (Phi) is 3.56. The maximum atomic E-state index is 4.39. The van der Waals surface area contributed by atoms with Crippen LogP contribution in [0.1, 0.15) is 32.0 Å². The van der Waals surface area contributed by atoms with Gasteiger partial charge < -0.3 is 4.98 Å². The number of aryl methyl sites for hydroxylation is 1. The van der Waals surface area contributed by atoms with Gasteiger partial charge in [-0.05, 0) is 17.9 Å². The van der Waals surface area contributed by atoms with Crippen molar-refractivity contribution in [2.45, 2.75) is 32.6 Å². The summed E-state index contributed by atoms with van der Waals surface area (Å²) >= 11 is 1.72. The van der Waals surface area contributed by atoms with Crippen molar-refractivity contribution in [3.05, 3.63) is 28.8 Å². The number of unbranched alkanes of at least 4 members (excludes halogenated alkanes) is 2. The third-order valence-electron chi connectivity index (χ3n) is 2.48. The predicted octanol–water partition coefficient (Wildman–Crippen LogP) is 3.87. The molecule has 0 bridgehead atoms. The van der Waals surface area contributed by atoms with Crippen LogP contribution in [0.3, 0.4) is 0 Å². The molecule has 3 heteroatoms. The second kappa shape index (κ2) is 5.12. The van der Waals surface area contributed by atoms with E-state index >= 15 is 0 Å². The molecule has 0 aliphatic heterocycles. The van der Waals surface area contributed by atoms with Crippen molar-refractivity contribution in [3.8, 4) is 11.3 Å². The number of hydrogen-bond acceptors (Lipinski definition) is 2. The Morgan fingerprint density at radius 1 is 1.40 bits per heavy atom. The van der Waals surface area contributed by atoms with Crippen LogP contribution in [0.15, 0.2) is 23.0 Å². The van der Waals surface area contributed by atoms with Crippen LogP contribution in [0.4, 0.5) is 0 Å². The molecule has 80 valence electrons. The van der Waals surface area contributed by atoms with Crippen LogP contribution in [0.25, 0.3) is 11.3 Å². The number of aromatic amines is 1. The van der Waals surface area contributed by atoms with E-state index < -0.39 is 0 Å². The summed E-state index contributed by atoms with van der Waals surface area (Å²) < 4.78 is 0. The summed E-state index contributed by atoms with van der Waals surface area (Å²) in [5.74, 6) is 1.12. The highest BCUT2D eigenvalue weighted by Crippen LogP contribution is 2.20. The van der Waals surface area contributed by atoms with Crippen LogP contribution < -0.4 is 0 Å². The second-order valence-electron chi connectivity index (χ2n) is 3.71. The zero-order valence-corrected chi connectivity index (χ0v) is 9.81. The average Bonchev–Trinajstić information content (AvgIpc) is 2.87. The Hall–Kier alpha value is -1.09. The Bertz CT molecular complexity index is 389. The first-order chi connectivity index (χ1) is 7.40. The topological polar surface area (TPSA) is 28.7 Å². The lowest BCUT2D eigenvalue weighted by Gasteiger charge is -1.95. The van der Waals surface area contributed by atoms with Gasteiger partial charge in [0.25, 0.3) is 0 Å². The van der Waals surface area contributed by atoms with E-state index in [1.54, 1.807) is 11.3 Å². The van der Waals surface area contributed by atoms with Crippen molar-refractivity contribution in [2.24, 2.45) is 0 Å². The Labute approximate surface area is 94.4 Å². The highest BCUT2D eigenvalue weighted by Gasteiger charge is 2.02. The number of hydrogen-bond donors (Lipinski definition) is 1. The molecule has 0 aromatic carbocycles. The zero-order chi connectivity index (χ0) is 10.5. The van der Waals surface area contributed by atoms with Crippen LogP contribution in [0.2, 0.25) is 0 Å². The second-order valence-corrected chi connectivity index (χ2v) is 4.49. The van der Waals surface area contributed by atoms with Gasteiger partial charge >= 0.3 is 0 Å². The molecule has 15 heavy (non-hydrogen) atoms. The smallest absolute Gasteiger partial charge is 0.106 e. The van der Waals surface area contributed by atoms with E-state index in [4.69, 9.17) is 0 Å². The minimum absolute atomic E-state index is 1.07. The molecule has 2 heterocycles. The summed E-state index contributed by atoms with van der Waals surface area (Å²) in [6, 6.07) is 2.12. The molecule has 0 amide bonds. The Morgan fingerprint density at radius 2 is 2.33 bits per heavy atom. The van der Waals surface area contributed by atoms with Crippen molar-refractivity contribution < 1.29 is 0 Å². The number of thiophene rings is 1. The summed E-state index contributed by atoms with van der Waals surface area (Å²) in [5, 5.41) is 4.23.